The second kappa shape index (κ2) is 10.9. The summed E-state index contributed by atoms with van der Waals surface area (Å²) in [6.07, 6.45) is 10.3. The van der Waals surface area contributed by atoms with Gasteiger partial charge in [-0.2, -0.15) is 5.10 Å². The van der Waals surface area contributed by atoms with Crippen LogP contribution in [0.2, 0.25) is 0 Å². The van der Waals surface area contributed by atoms with Crippen molar-refractivity contribution < 1.29 is 13.9 Å². The SMILES string of the molecule is C=C(/C=c1/c(-c2cc3c(-c4cc(F)cc(OC)c4)cccc3[nH]2)n[nH]/c1=C/C)c1cncc(NC(=O)C2CCC2)c1. The molecule has 0 aliphatic heterocycles. The number of carbonyl (C=O) groups excluding carboxylic acids is 1. The molecule has 0 saturated heterocycles. The molecule has 1 aliphatic rings. The number of methoxy groups -OCH3 is 1. The summed E-state index contributed by atoms with van der Waals surface area (Å²) in [6.45, 7) is 6.23. The van der Waals surface area contributed by atoms with Crippen molar-refractivity contribution in [3.05, 3.63) is 89.5 Å². The van der Waals surface area contributed by atoms with Crippen LogP contribution in [0.5, 0.6) is 5.75 Å². The summed E-state index contributed by atoms with van der Waals surface area (Å²) in [5.74, 6) is 0.225. The van der Waals surface area contributed by atoms with E-state index < -0.39 is 0 Å². The fraction of sp³-hybridized carbons (Fsp3) is 0.182. The second-order valence-corrected chi connectivity index (χ2v) is 10.3. The number of anilines is 1. The molecule has 0 spiro atoms. The van der Waals surface area contributed by atoms with Crippen molar-refractivity contribution in [3.63, 3.8) is 0 Å². The number of hydrogen-bond donors (Lipinski definition) is 3. The van der Waals surface area contributed by atoms with E-state index in [4.69, 9.17) is 4.74 Å². The Morgan fingerprint density at radius 2 is 2.02 bits per heavy atom. The number of allylic oxidation sites excluding steroid dienone is 1. The predicted molar refractivity (Wildman–Crippen MR) is 161 cm³/mol. The first-order valence-electron chi connectivity index (χ1n) is 13.6. The zero-order valence-corrected chi connectivity index (χ0v) is 22.9. The molecule has 5 aromatic rings. The molecule has 3 heterocycles. The van der Waals surface area contributed by atoms with E-state index in [0.29, 0.717) is 11.4 Å². The number of hydrogen-bond acceptors (Lipinski definition) is 4. The molecule has 6 rings (SSSR count). The first kappa shape index (κ1) is 26.3. The Hall–Kier alpha value is -4.98. The highest BCUT2D eigenvalue weighted by atomic mass is 19.1. The number of H-pyrrole nitrogens is 2. The van der Waals surface area contributed by atoms with Gasteiger partial charge in [0.1, 0.15) is 17.3 Å². The van der Waals surface area contributed by atoms with Crippen LogP contribution in [0, 0.1) is 11.7 Å². The van der Waals surface area contributed by atoms with Crippen molar-refractivity contribution in [1.82, 2.24) is 20.2 Å². The molecule has 0 bridgehead atoms. The van der Waals surface area contributed by atoms with Crippen molar-refractivity contribution in [1.29, 1.82) is 0 Å². The lowest BCUT2D eigenvalue weighted by molar-refractivity contribution is -0.122. The molecule has 0 radical (unpaired) electrons. The van der Waals surface area contributed by atoms with Crippen LogP contribution in [0.4, 0.5) is 10.1 Å². The third-order valence-electron chi connectivity index (χ3n) is 7.63. The molecule has 206 valence electrons. The van der Waals surface area contributed by atoms with Gasteiger partial charge in [-0.15, -0.1) is 0 Å². The first-order valence-corrected chi connectivity index (χ1v) is 13.6. The van der Waals surface area contributed by atoms with Crippen molar-refractivity contribution in [3.8, 4) is 28.3 Å². The molecule has 1 aliphatic carbocycles. The zero-order valence-electron chi connectivity index (χ0n) is 22.9. The third kappa shape index (κ3) is 5.16. The van der Waals surface area contributed by atoms with Gasteiger partial charge in [0.15, 0.2) is 0 Å². The Bertz CT molecular complexity index is 1920. The van der Waals surface area contributed by atoms with Crippen molar-refractivity contribution in [2.45, 2.75) is 26.2 Å². The van der Waals surface area contributed by atoms with Gasteiger partial charge in [-0.1, -0.05) is 31.2 Å². The minimum Gasteiger partial charge on any atom is -0.497 e. The number of pyridine rings is 1. The normalized spacial score (nSPS) is 14.3. The fourth-order valence-corrected chi connectivity index (χ4v) is 5.16. The average Bonchev–Trinajstić information content (AvgIpc) is 3.55. The molecule has 0 unspecified atom stereocenters. The Morgan fingerprint density at radius 3 is 2.78 bits per heavy atom. The van der Waals surface area contributed by atoms with E-state index >= 15 is 0 Å². The monoisotopic (exact) mass is 547 g/mol. The van der Waals surface area contributed by atoms with Crippen LogP contribution in [0.1, 0.15) is 31.7 Å². The molecule has 1 fully saturated rings. The molecular weight excluding hydrogens is 517 g/mol. The van der Waals surface area contributed by atoms with Crippen LogP contribution in [0.15, 0.2) is 67.5 Å². The summed E-state index contributed by atoms with van der Waals surface area (Å²) in [5.41, 5.74) is 6.20. The summed E-state index contributed by atoms with van der Waals surface area (Å²) in [5, 5.41) is 13.4. The van der Waals surface area contributed by atoms with Gasteiger partial charge in [-0.3, -0.25) is 14.9 Å². The topological polar surface area (TPSA) is 95.7 Å². The summed E-state index contributed by atoms with van der Waals surface area (Å²) in [4.78, 5) is 20.2. The minimum absolute atomic E-state index is 0.0413. The number of aromatic nitrogens is 4. The minimum atomic E-state index is -0.362. The Morgan fingerprint density at radius 1 is 1.17 bits per heavy atom. The van der Waals surface area contributed by atoms with Gasteiger partial charge < -0.3 is 15.0 Å². The Kier molecular flexibility index (Phi) is 6.97. The van der Waals surface area contributed by atoms with E-state index in [-0.39, 0.29) is 17.6 Å². The Labute approximate surface area is 236 Å². The summed E-state index contributed by atoms with van der Waals surface area (Å²) < 4.78 is 19.6. The first-order chi connectivity index (χ1) is 19.9. The summed E-state index contributed by atoms with van der Waals surface area (Å²) >= 11 is 0. The predicted octanol–water partition coefficient (Wildman–Crippen LogP) is 5.80. The van der Waals surface area contributed by atoms with Crippen molar-refractivity contribution in [2.24, 2.45) is 5.92 Å². The van der Waals surface area contributed by atoms with Gasteiger partial charge in [0.05, 0.1) is 30.0 Å². The lowest BCUT2D eigenvalue weighted by Crippen LogP contribution is -2.28. The lowest BCUT2D eigenvalue weighted by atomic mass is 9.85. The highest BCUT2D eigenvalue weighted by Gasteiger charge is 2.25. The highest BCUT2D eigenvalue weighted by molar-refractivity contribution is 5.99. The number of halogens is 1. The highest BCUT2D eigenvalue weighted by Crippen LogP contribution is 2.33. The van der Waals surface area contributed by atoms with Gasteiger partial charge in [0.2, 0.25) is 5.91 Å². The fourth-order valence-electron chi connectivity index (χ4n) is 5.16. The lowest BCUT2D eigenvalue weighted by Gasteiger charge is -2.24. The molecule has 1 amide bonds. The molecule has 8 heteroatoms. The summed E-state index contributed by atoms with van der Waals surface area (Å²) in [7, 11) is 1.52. The van der Waals surface area contributed by atoms with Gasteiger partial charge in [-0.05, 0) is 72.9 Å². The Balaban J connectivity index is 1.38. The third-order valence-corrected chi connectivity index (χ3v) is 7.63. The van der Waals surface area contributed by atoms with Crippen LogP contribution in [0.25, 0.3) is 51.1 Å². The number of amides is 1. The van der Waals surface area contributed by atoms with Crippen LogP contribution >= 0.6 is 0 Å². The molecule has 2 aromatic carbocycles. The van der Waals surface area contributed by atoms with Crippen LogP contribution < -0.4 is 20.6 Å². The summed E-state index contributed by atoms with van der Waals surface area (Å²) in [6, 6.07) is 14.5. The van der Waals surface area contributed by atoms with Gasteiger partial charge >= 0.3 is 0 Å². The largest absolute Gasteiger partial charge is 0.497 e. The maximum atomic E-state index is 14.3. The smallest absolute Gasteiger partial charge is 0.227 e. The molecule has 3 N–H and O–H groups in total. The number of rotatable bonds is 7. The van der Waals surface area contributed by atoms with E-state index in [1.807, 2.05) is 55.5 Å². The van der Waals surface area contributed by atoms with E-state index in [0.717, 1.165) is 74.4 Å². The van der Waals surface area contributed by atoms with Gasteiger partial charge in [-0.25, -0.2) is 4.39 Å². The van der Waals surface area contributed by atoms with Gasteiger partial charge in [0, 0.05) is 39.9 Å². The van der Waals surface area contributed by atoms with Crippen molar-refractivity contribution >= 4 is 40.2 Å². The van der Waals surface area contributed by atoms with Crippen LogP contribution in [-0.4, -0.2) is 33.2 Å². The van der Waals surface area contributed by atoms with E-state index in [1.165, 1.54) is 19.2 Å². The molecule has 7 nitrogen and oxygen atoms in total. The number of ether oxygens (including phenoxy) is 1. The maximum Gasteiger partial charge on any atom is 0.227 e. The number of nitrogens with one attached hydrogen (secondary N) is 3. The number of fused-ring (bicyclic) bond motifs is 1. The van der Waals surface area contributed by atoms with Gasteiger partial charge in [0.25, 0.3) is 0 Å². The van der Waals surface area contributed by atoms with E-state index in [2.05, 4.69) is 32.1 Å². The molecule has 1 saturated carbocycles. The number of carbonyl (C=O) groups is 1. The van der Waals surface area contributed by atoms with E-state index in [1.54, 1.807) is 12.4 Å². The average molecular weight is 548 g/mol. The van der Waals surface area contributed by atoms with Crippen molar-refractivity contribution in [2.75, 3.05) is 12.4 Å². The number of benzene rings is 2. The maximum absolute atomic E-state index is 14.3. The molecular formula is C33H30FN5O2. The molecule has 0 atom stereocenters. The zero-order chi connectivity index (χ0) is 28.5. The number of aromatic amines is 2. The standard InChI is InChI=1S/C33H30FN5O2/c1-4-29-28(11-19(2)22-13-24(18-35-17-22)36-33(40)20-7-5-8-20)32(39-38-29)31-16-27-26(9-6-10-30(27)37-31)21-12-23(34)15-25(14-21)41-3/h4,6,9-18,20,37-38H,2,5,7-8H2,1,3H3,(H,36,40)/b28-11+,29-4+. The quantitative estimate of drug-likeness (QED) is 0.240. The molecule has 41 heavy (non-hydrogen) atoms. The molecule has 3 aromatic heterocycles. The second-order valence-electron chi connectivity index (χ2n) is 10.3. The van der Waals surface area contributed by atoms with E-state index in [9.17, 15) is 9.18 Å². The van der Waals surface area contributed by atoms with Crippen LogP contribution in [-0.2, 0) is 4.79 Å². The number of nitrogens with zero attached hydrogens (tertiary/aromatic N) is 2. The van der Waals surface area contributed by atoms with Crippen LogP contribution in [0.3, 0.4) is 0 Å².